The molecule has 1 fully saturated rings. The Morgan fingerprint density at radius 2 is 1.93 bits per heavy atom. The molecule has 0 aliphatic carbocycles. The molecule has 3 rings (SSSR count). The van der Waals surface area contributed by atoms with Crippen molar-refractivity contribution in [1.29, 1.82) is 5.26 Å². The number of benzene rings is 1. The summed E-state index contributed by atoms with van der Waals surface area (Å²) in [5.41, 5.74) is 2.02. The van der Waals surface area contributed by atoms with Gasteiger partial charge in [0.2, 0.25) is 10.0 Å². The highest BCUT2D eigenvalue weighted by Gasteiger charge is 2.31. The van der Waals surface area contributed by atoms with E-state index in [9.17, 15) is 13.7 Å². The number of rotatable bonds is 5. The van der Waals surface area contributed by atoms with Crippen LogP contribution in [0.25, 0.3) is 5.57 Å². The minimum Gasteiger partial charge on any atom is -0.360 e. The van der Waals surface area contributed by atoms with Crippen molar-refractivity contribution in [3.8, 4) is 6.07 Å². The molecular weight excluding hydrogens is 392 g/mol. The summed E-state index contributed by atoms with van der Waals surface area (Å²) < 4.78 is 27.5. The number of aromatic nitrogens is 1. The van der Waals surface area contributed by atoms with Crippen LogP contribution in [0.1, 0.15) is 31.0 Å². The van der Waals surface area contributed by atoms with Crippen molar-refractivity contribution in [1.82, 2.24) is 9.29 Å². The Kier molecular flexibility index (Phi) is 6.18. The van der Waals surface area contributed by atoms with Crippen molar-refractivity contribution >= 4 is 32.6 Å². The second kappa shape index (κ2) is 8.43. The first-order valence-corrected chi connectivity index (χ1v) is 11.5. The van der Waals surface area contributed by atoms with Gasteiger partial charge in [0.05, 0.1) is 4.90 Å². The van der Waals surface area contributed by atoms with E-state index in [1.807, 2.05) is 12.3 Å². The molecule has 1 aliphatic heterocycles. The van der Waals surface area contributed by atoms with E-state index in [-0.39, 0.29) is 0 Å². The number of nitrogens with zero attached hydrogens (tertiary/aromatic N) is 3. The minimum absolute atomic E-state index is 0.291. The highest BCUT2D eigenvalue weighted by Crippen LogP contribution is 2.27. The zero-order valence-electron chi connectivity index (χ0n) is 16.2. The normalized spacial score (nSPS) is 21.3. The molecule has 1 aromatic carbocycles. The smallest absolute Gasteiger partial charge is 0.243 e. The molecule has 0 bridgehead atoms. The van der Waals surface area contributed by atoms with Gasteiger partial charge in [-0.3, -0.25) is 0 Å². The number of aryl methyl sites for hydroxylation is 1. The molecule has 1 aromatic heterocycles. The number of anilines is 1. The van der Waals surface area contributed by atoms with Crippen LogP contribution in [-0.4, -0.2) is 30.8 Å². The van der Waals surface area contributed by atoms with Gasteiger partial charge >= 0.3 is 0 Å². The van der Waals surface area contributed by atoms with E-state index < -0.39 is 10.0 Å². The van der Waals surface area contributed by atoms with Gasteiger partial charge in [-0.25, -0.2) is 13.4 Å². The van der Waals surface area contributed by atoms with Gasteiger partial charge in [-0.1, -0.05) is 13.8 Å². The summed E-state index contributed by atoms with van der Waals surface area (Å²) in [5, 5.41) is 14.9. The average Bonchev–Trinajstić information content (AvgIpc) is 3.08. The Morgan fingerprint density at radius 1 is 1.29 bits per heavy atom. The molecule has 2 aromatic rings. The van der Waals surface area contributed by atoms with Gasteiger partial charge in [-0.15, -0.1) is 11.3 Å². The van der Waals surface area contributed by atoms with Crippen LogP contribution in [-0.2, 0) is 10.0 Å². The van der Waals surface area contributed by atoms with Crippen LogP contribution in [0.3, 0.4) is 0 Å². The molecule has 1 aliphatic rings. The van der Waals surface area contributed by atoms with E-state index in [0.29, 0.717) is 46.1 Å². The zero-order chi connectivity index (χ0) is 20.3. The highest BCUT2D eigenvalue weighted by atomic mass is 32.2. The molecular formula is C20H24N4O2S2. The van der Waals surface area contributed by atoms with E-state index in [0.717, 1.165) is 12.1 Å². The maximum Gasteiger partial charge on any atom is 0.243 e. The molecule has 28 heavy (non-hydrogen) atoms. The fourth-order valence-electron chi connectivity index (χ4n) is 3.45. The first-order chi connectivity index (χ1) is 13.3. The average molecular weight is 417 g/mol. The summed E-state index contributed by atoms with van der Waals surface area (Å²) in [6, 6.07) is 8.77. The van der Waals surface area contributed by atoms with Crippen LogP contribution in [0.2, 0.25) is 0 Å². The number of nitriles is 1. The number of hydrogen-bond donors (Lipinski definition) is 1. The Morgan fingerprint density at radius 3 is 2.46 bits per heavy atom. The monoisotopic (exact) mass is 416 g/mol. The third-order valence-electron chi connectivity index (χ3n) is 4.68. The van der Waals surface area contributed by atoms with Crippen molar-refractivity contribution in [2.75, 3.05) is 18.4 Å². The van der Waals surface area contributed by atoms with Crippen LogP contribution < -0.4 is 5.32 Å². The quantitative estimate of drug-likeness (QED) is 0.742. The molecule has 0 radical (unpaired) electrons. The van der Waals surface area contributed by atoms with Crippen LogP contribution in [0.5, 0.6) is 0 Å². The van der Waals surface area contributed by atoms with Crippen LogP contribution in [0.15, 0.2) is 40.7 Å². The van der Waals surface area contributed by atoms with Crippen LogP contribution in [0, 0.1) is 30.1 Å². The van der Waals surface area contributed by atoms with Gasteiger partial charge in [-0.05, 0) is 49.4 Å². The van der Waals surface area contributed by atoms with Gasteiger partial charge in [-0.2, -0.15) is 9.57 Å². The Labute approximate surface area is 170 Å². The third kappa shape index (κ3) is 4.61. The van der Waals surface area contributed by atoms with Crippen molar-refractivity contribution in [2.45, 2.75) is 32.1 Å². The summed E-state index contributed by atoms with van der Waals surface area (Å²) >= 11 is 1.41. The molecule has 8 heteroatoms. The summed E-state index contributed by atoms with van der Waals surface area (Å²) in [6.07, 6.45) is 2.65. The largest absolute Gasteiger partial charge is 0.360 e. The number of thiazole rings is 1. The highest BCUT2D eigenvalue weighted by molar-refractivity contribution is 7.89. The van der Waals surface area contributed by atoms with E-state index in [2.05, 4.69) is 30.2 Å². The molecule has 2 heterocycles. The number of piperidine rings is 1. The lowest BCUT2D eigenvalue weighted by Gasteiger charge is -2.34. The fourth-order valence-corrected chi connectivity index (χ4v) is 5.89. The van der Waals surface area contributed by atoms with Gasteiger partial charge < -0.3 is 5.32 Å². The van der Waals surface area contributed by atoms with Crippen molar-refractivity contribution in [2.24, 2.45) is 11.8 Å². The summed E-state index contributed by atoms with van der Waals surface area (Å²) in [4.78, 5) is 4.60. The fraction of sp³-hybridized carbons (Fsp3) is 0.400. The molecule has 6 nitrogen and oxygen atoms in total. The lowest BCUT2D eigenvalue weighted by atomic mass is 9.94. The second-order valence-electron chi connectivity index (χ2n) is 7.40. The predicted octanol–water partition coefficient (Wildman–Crippen LogP) is 4.09. The molecule has 0 saturated carbocycles. The maximum absolute atomic E-state index is 12.9. The number of nitrogens with one attached hydrogen (secondary N) is 1. The number of hydrogen-bond acceptors (Lipinski definition) is 6. The van der Waals surface area contributed by atoms with Gasteiger partial charge in [0.1, 0.15) is 16.6 Å². The Balaban J connectivity index is 1.74. The SMILES string of the molecule is Cc1csc(/C(C#N)=C/Nc2ccc(S(=O)(=O)N3C[C@H](C)C[C@H](C)C3)cc2)n1. The number of sulfonamides is 1. The van der Waals surface area contributed by atoms with E-state index in [4.69, 9.17) is 0 Å². The third-order valence-corrected chi connectivity index (χ3v) is 7.52. The molecule has 1 saturated heterocycles. The molecule has 0 unspecified atom stereocenters. The van der Waals surface area contributed by atoms with Crippen LogP contribution >= 0.6 is 11.3 Å². The lowest BCUT2D eigenvalue weighted by molar-refractivity contribution is 0.222. The maximum atomic E-state index is 12.9. The van der Waals surface area contributed by atoms with Crippen LogP contribution in [0.4, 0.5) is 5.69 Å². The Hall–Kier alpha value is -2.21. The second-order valence-corrected chi connectivity index (χ2v) is 10.2. The summed E-state index contributed by atoms with van der Waals surface area (Å²) in [5.74, 6) is 0.729. The molecule has 0 amide bonds. The molecule has 0 spiro atoms. The molecule has 1 N–H and O–H groups in total. The summed E-state index contributed by atoms with van der Waals surface area (Å²) in [7, 11) is -3.49. The molecule has 2 atom stereocenters. The van der Waals surface area contributed by atoms with E-state index >= 15 is 0 Å². The summed E-state index contributed by atoms with van der Waals surface area (Å²) in [6.45, 7) is 7.19. The topological polar surface area (TPSA) is 86.1 Å². The minimum atomic E-state index is -3.49. The first-order valence-electron chi connectivity index (χ1n) is 9.19. The number of allylic oxidation sites excluding steroid dienone is 1. The standard InChI is InChI=1S/C20H24N4O2S2/c1-14-8-15(2)12-24(11-14)28(25,26)19-6-4-18(5-7-19)22-10-17(9-21)20-23-16(3)13-27-20/h4-7,10,13-15,22H,8,11-12H2,1-3H3/b17-10+/t14-,15+. The van der Waals surface area contributed by atoms with E-state index in [1.165, 1.54) is 11.3 Å². The Bertz CT molecular complexity index is 994. The first kappa shape index (κ1) is 20.5. The van der Waals surface area contributed by atoms with E-state index in [1.54, 1.807) is 34.8 Å². The zero-order valence-corrected chi connectivity index (χ0v) is 17.8. The molecule has 148 valence electrons. The van der Waals surface area contributed by atoms with Gasteiger partial charge in [0.25, 0.3) is 0 Å². The van der Waals surface area contributed by atoms with Crippen molar-refractivity contribution in [3.63, 3.8) is 0 Å². The lowest BCUT2D eigenvalue weighted by Crippen LogP contribution is -2.42. The van der Waals surface area contributed by atoms with Crippen molar-refractivity contribution < 1.29 is 8.42 Å². The van der Waals surface area contributed by atoms with Gasteiger partial charge in [0.15, 0.2) is 0 Å². The predicted molar refractivity (Wildman–Crippen MR) is 112 cm³/mol. The van der Waals surface area contributed by atoms with Gasteiger partial charge in [0, 0.05) is 36.1 Å². The van der Waals surface area contributed by atoms with Crippen molar-refractivity contribution in [3.05, 3.63) is 46.5 Å².